The van der Waals surface area contributed by atoms with Gasteiger partial charge in [0.1, 0.15) is 5.82 Å². The summed E-state index contributed by atoms with van der Waals surface area (Å²) >= 11 is 5.29. The van der Waals surface area contributed by atoms with Gasteiger partial charge in [-0.3, -0.25) is 0 Å². The lowest BCUT2D eigenvalue weighted by molar-refractivity contribution is 0.104. The molecule has 0 saturated heterocycles. The molecule has 0 aromatic heterocycles. The van der Waals surface area contributed by atoms with Crippen molar-refractivity contribution in [1.82, 2.24) is 10.2 Å². The van der Waals surface area contributed by atoms with Crippen molar-refractivity contribution in [2.45, 2.75) is 37.6 Å². The van der Waals surface area contributed by atoms with E-state index in [0.29, 0.717) is 10.8 Å². The molecule has 0 aliphatic heterocycles. The van der Waals surface area contributed by atoms with Crippen molar-refractivity contribution < 1.29 is 4.39 Å². The van der Waals surface area contributed by atoms with Crippen molar-refractivity contribution >= 4 is 23.0 Å². The lowest BCUT2D eigenvalue weighted by atomic mass is 9.80. The number of thiocarbonyl (C=S) groups is 1. The van der Waals surface area contributed by atoms with Gasteiger partial charge in [0.15, 0.2) is 5.11 Å². The lowest BCUT2D eigenvalue weighted by Gasteiger charge is -2.43. The van der Waals surface area contributed by atoms with E-state index in [2.05, 4.69) is 29.6 Å². The van der Waals surface area contributed by atoms with E-state index in [1.54, 1.807) is 18.2 Å². The van der Waals surface area contributed by atoms with E-state index >= 15 is 0 Å². The summed E-state index contributed by atoms with van der Waals surface area (Å²) in [6.45, 7) is 0.792. The van der Waals surface area contributed by atoms with E-state index in [-0.39, 0.29) is 11.4 Å². The summed E-state index contributed by atoms with van der Waals surface area (Å²) in [6.07, 6.45) is 6.18. The molecule has 0 radical (unpaired) electrons. The number of nitrogens with zero attached hydrogens (tertiary/aromatic N) is 1. The van der Waals surface area contributed by atoms with Crippen LogP contribution in [0, 0.1) is 5.82 Å². The summed E-state index contributed by atoms with van der Waals surface area (Å²) in [6, 6.07) is 6.57. The number of halogens is 1. The molecule has 1 fully saturated rings. The molecule has 1 saturated carbocycles. The van der Waals surface area contributed by atoms with Crippen molar-refractivity contribution in [2.24, 2.45) is 0 Å². The van der Waals surface area contributed by atoms with Crippen LogP contribution >= 0.6 is 12.2 Å². The zero-order valence-electron chi connectivity index (χ0n) is 12.8. The smallest absolute Gasteiger partial charge is 0.170 e. The second kappa shape index (κ2) is 7.18. The number of para-hydroxylation sites is 1. The van der Waals surface area contributed by atoms with Crippen LogP contribution in [0.4, 0.5) is 10.1 Å². The second-order valence-electron chi connectivity index (χ2n) is 5.97. The maximum atomic E-state index is 13.6. The Morgan fingerprint density at radius 3 is 2.52 bits per heavy atom. The third-order valence-corrected chi connectivity index (χ3v) is 4.68. The molecule has 0 spiro atoms. The van der Waals surface area contributed by atoms with E-state index in [0.717, 1.165) is 6.54 Å². The summed E-state index contributed by atoms with van der Waals surface area (Å²) in [5.74, 6) is -0.290. The third-order valence-electron chi connectivity index (χ3n) is 4.43. The van der Waals surface area contributed by atoms with Crippen LogP contribution in [0.2, 0.25) is 0 Å². The first kappa shape index (κ1) is 16.2. The summed E-state index contributed by atoms with van der Waals surface area (Å²) in [5.41, 5.74) is 0.566. The van der Waals surface area contributed by atoms with Crippen LogP contribution in [0.1, 0.15) is 32.1 Å². The minimum absolute atomic E-state index is 0.152. The van der Waals surface area contributed by atoms with Gasteiger partial charge in [-0.25, -0.2) is 4.39 Å². The Morgan fingerprint density at radius 1 is 1.24 bits per heavy atom. The number of anilines is 1. The largest absolute Gasteiger partial charge is 0.361 e. The lowest BCUT2D eigenvalue weighted by Crippen LogP contribution is -2.54. The molecule has 0 bridgehead atoms. The molecule has 21 heavy (non-hydrogen) atoms. The quantitative estimate of drug-likeness (QED) is 0.834. The topological polar surface area (TPSA) is 27.3 Å². The van der Waals surface area contributed by atoms with Gasteiger partial charge in [0, 0.05) is 12.1 Å². The maximum absolute atomic E-state index is 13.6. The highest BCUT2D eigenvalue weighted by Crippen LogP contribution is 2.31. The van der Waals surface area contributed by atoms with Gasteiger partial charge in [0.05, 0.1) is 5.69 Å². The van der Waals surface area contributed by atoms with Crippen LogP contribution in [-0.4, -0.2) is 36.2 Å². The standard InChI is InChI=1S/C16H24FN3S/c1-20(2)16(10-6-3-7-11-16)12-18-15(21)19-14-9-5-4-8-13(14)17/h4-5,8-9H,3,6-7,10-12H2,1-2H3,(H2,18,19,21). The van der Waals surface area contributed by atoms with Crippen molar-refractivity contribution in [3.05, 3.63) is 30.1 Å². The van der Waals surface area contributed by atoms with Crippen LogP contribution < -0.4 is 10.6 Å². The number of nitrogens with one attached hydrogen (secondary N) is 2. The Bertz CT molecular complexity index is 484. The average Bonchev–Trinajstić information content (AvgIpc) is 2.48. The van der Waals surface area contributed by atoms with Gasteiger partial charge >= 0.3 is 0 Å². The van der Waals surface area contributed by atoms with Crippen LogP contribution in [-0.2, 0) is 0 Å². The van der Waals surface area contributed by atoms with Gasteiger partial charge in [0.25, 0.3) is 0 Å². The number of hydrogen-bond donors (Lipinski definition) is 2. The third kappa shape index (κ3) is 4.14. The fraction of sp³-hybridized carbons (Fsp3) is 0.562. The molecule has 2 rings (SSSR count). The van der Waals surface area contributed by atoms with E-state index in [1.807, 2.05) is 0 Å². The Kier molecular flexibility index (Phi) is 5.53. The first-order chi connectivity index (χ1) is 10.0. The predicted octanol–water partition coefficient (Wildman–Crippen LogP) is 3.38. The molecule has 1 aromatic rings. The van der Waals surface area contributed by atoms with Crippen molar-refractivity contribution in [1.29, 1.82) is 0 Å². The first-order valence-corrected chi connectivity index (χ1v) is 7.91. The number of likely N-dealkylation sites (N-methyl/N-ethyl adjacent to an activating group) is 1. The van der Waals surface area contributed by atoms with Crippen LogP contribution in [0.15, 0.2) is 24.3 Å². The van der Waals surface area contributed by atoms with Crippen molar-refractivity contribution in [2.75, 3.05) is 26.0 Å². The Balaban J connectivity index is 1.92. The molecule has 1 aliphatic rings. The fourth-order valence-corrected chi connectivity index (χ4v) is 3.15. The van der Waals surface area contributed by atoms with Gasteiger partial charge in [-0.1, -0.05) is 31.4 Å². The summed E-state index contributed by atoms with van der Waals surface area (Å²) in [5, 5.41) is 6.67. The van der Waals surface area contributed by atoms with Gasteiger partial charge < -0.3 is 15.5 Å². The van der Waals surface area contributed by atoms with Crippen LogP contribution in [0.3, 0.4) is 0 Å². The molecular weight excluding hydrogens is 285 g/mol. The molecule has 5 heteroatoms. The normalized spacial score (nSPS) is 17.5. The molecule has 0 amide bonds. The maximum Gasteiger partial charge on any atom is 0.170 e. The minimum atomic E-state index is -0.290. The SMILES string of the molecule is CN(C)C1(CNC(=S)Nc2ccccc2F)CCCCC1. The number of hydrogen-bond acceptors (Lipinski definition) is 2. The zero-order chi connectivity index (χ0) is 15.3. The highest BCUT2D eigenvalue weighted by atomic mass is 32.1. The monoisotopic (exact) mass is 309 g/mol. The molecule has 1 aromatic carbocycles. The van der Waals surface area contributed by atoms with Gasteiger partial charge in [-0.15, -0.1) is 0 Å². The summed E-state index contributed by atoms with van der Waals surface area (Å²) in [4.78, 5) is 2.30. The van der Waals surface area contributed by atoms with Gasteiger partial charge in [-0.2, -0.15) is 0 Å². The van der Waals surface area contributed by atoms with Crippen LogP contribution in [0.25, 0.3) is 0 Å². The predicted molar refractivity (Wildman–Crippen MR) is 90.1 cm³/mol. The molecule has 116 valence electrons. The molecule has 2 N–H and O–H groups in total. The minimum Gasteiger partial charge on any atom is -0.361 e. The van der Waals surface area contributed by atoms with E-state index in [9.17, 15) is 4.39 Å². The summed E-state index contributed by atoms with van der Waals surface area (Å²) in [7, 11) is 4.25. The number of benzene rings is 1. The molecule has 3 nitrogen and oxygen atoms in total. The van der Waals surface area contributed by atoms with E-state index < -0.39 is 0 Å². The summed E-state index contributed by atoms with van der Waals surface area (Å²) < 4.78 is 13.6. The Labute approximate surface area is 131 Å². The zero-order valence-corrected chi connectivity index (χ0v) is 13.6. The highest BCUT2D eigenvalue weighted by Gasteiger charge is 2.34. The molecule has 0 heterocycles. The Hall–Kier alpha value is -1.20. The van der Waals surface area contributed by atoms with E-state index in [4.69, 9.17) is 12.2 Å². The van der Waals surface area contributed by atoms with E-state index in [1.165, 1.54) is 38.2 Å². The average molecular weight is 309 g/mol. The molecular formula is C16H24FN3S. The molecule has 0 atom stereocenters. The first-order valence-electron chi connectivity index (χ1n) is 7.50. The molecule has 1 aliphatic carbocycles. The van der Waals surface area contributed by atoms with Gasteiger partial charge in [0.2, 0.25) is 0 Å². The fourth-order valence-electron chi connectivity index (χ4n) is 2.97. The number of rotatable bonds is 4. The Morgan fingerprint density at radius 2 is 1.90 bits per heavy atom. The molecule has 0 unspecified atom stereocenters. The second-order valence-corrected chi connectivity index (χ2v) is 6.38. The highest BCUT2D eigenvalue weighted by molar-refractivity contribution is 7.80. The van der Waals surface area contributed by atoms with Crippen molar-refractivity contribution in [3.8, 4) is 0 Å². The van der Waals surface area contributed by atoms with Gasteiger partial charge in [-0.05, 0) is 51.3 Å². The van der Waals surface area contributed by atoms with Crippen LogP contribution in [0.5, 0.6) is 0 Å². The van der Waals surface area contributed by atoms with Crippen molar-refractivity contribution in [3.63, 3.8) is 0 Å².